The molecule has 11 heteroatoms. The lowest BCUT2D eigenvalue weighted by Crippen LogP contribution is -2.59. The Hall–Kier alpha value is -3.66. The zero-order valence-corrected chi connectivity index (χ0v) is 19.1. The smallest absolute Gasteiger partial charge is 0.288 e. The fourth-order valence-electron chi connectivity index (χ4n) is 4.29. The number of hydrogen-bond acceptors (Lipinski definition) is 6. The van der Waals surface area contributed by atoms with Gasteiger partial charge in [0.25, 0.3) is 11.6 Å². The number of nitro benzene ring substituents is 1. The monoisotopic (exact) mass is 485 g/mol. The summed E-state index contributed by atoms with van der Waals surface area (Å²) in [4.78, 5) is 54.6. The van der Waals surface area contributed by atoms with Gasteiger partial charge in [-0.15, -0.1) is 0 Å². The van der Waals surface area contributed by atoms with E-state index >= 15 is 0 Å². The first kappa shape index (κ1) is 23.5. The summed E-state index contributed by atoms with van der Waals surface area (Å²) < 4.78 is 0. The number of amides is 3. The zero-order valence-electron chi connectivity index (χ0n) is 18.4. The Morgan fingerprint density at radius 1 is 1.03 bits per heavy atom. The molecule has 0 bridgehead atoms. The molecular weight excluding hydrogens is 462 g/mol. The number of carbonyl (C=O) groups is 3. The van der Waals surface area contributed by atoms with Crippen molar-refractivity contribution in [1.82, 2.24) is 15.1 Å². The van der Waals surface area contributed by atoms with Crippen LogP contribution in [0.3, 0.4) is 0 Å². The van der Waals surface area contributed by atoms with Gasteiger partial charge < -0.3 is 20.0 Å². The Morgan fingerprint density at radius 3 is 2.41 bits per heavy atom. The van der Waals surface area contributed by atoms with E-state index in [1.165, 1.54) is 23.1 Å². The summed E-state index contributed by atoms with van der Waals surface area (Å²) >= 11 is 6.12. The molecule has 10 nitrogen and oxygen atoms in total. The summed E-state index contributed by atoms with van der Waals surface area (Å²) in [6.07, 6.45) is -0.171. The molecule has 0 radical (unpaired) electrons. The van der Waals surface area contributed by atoms with Crippen LogP contribution in [0.5, 0.6) is 0 Å². The number of nitrogens with one attached hydrogen (secondary N) is 1. The molecule has 2 fully saturated rings. The third kappa shape index (κ3) is 4.81. The van der Waals surface area contributed by atoms with Crippen LogP contribution in [-0.2, 0) is 9.59 Å². The van der Waals surface area contributed by atoms with Crippen LogP contribution >= 0.6 is 11.6 Å². The molecule has 0 aromatic heterocycles. The highest BCUT2D eigenvalue weighted by atomic mass is 35.5. The Balaban J connectivity index is 1.45. The van der Waals surface area contributed by atoms with Crippen LogP contribution in [-0.4, -0.2) is 77.8 Å². The quantitative estimate of drug-likeness (QED) is 0.511. The first-order valence-corrected chi connectivity index (χ1v) is 11.3. The SMILES string of the molecule is O=C1NCCN(C(=O)c2cccc([N+](=O)[O-])c2Cl)[C@H]1CC(=O)N1CCN(c2ccccc2)CC1. The lowest BCUT2D eigenvalue weighted by molar-refractivity contribution is -0.384. The number of nitro groups is 1. The number of carbonyl (C=O) groups excluding carboxylic acids is 3. The van der Waals surface area contributed by atoms with Gasteiger partial charge in [0.1, 0.15) is 11.1 Å². The van der Waals surface area contributed by atoms with Crippen molar-refractivity contribution in [1.29, 1.82) is 0 Å². The van der Waals surface area contributed by atoms with Gasteiger partial charge in [-0.1, -0.05) is 35.9 Å². The van der Waals surface area contributed by atoms with Gasteiger partial charge in [0.05, 0.1) is 16.9 Å². The maximum atomic E-state index is 13.2. The molecule has 34 heavy (non-hydrogen) atoms. The lowest BCUT2D eigenvalue weighted by atomic mass is 10.0. The van der Waals surface area contributed by atoms with Gasteiger partial charge in [-0.3, -0.25) is 24.5 Å². The van der Waals surface area contributed by atoms with Crippen molar-refractivity contribution in [2.75, 3.05) is 44.2 Å². The number of benzene rings is 2. The van der Waals surface area contributed by atoms with E-state index in [1.54, 1.807) is 4.90 Å². The van der Waals surface area contributed by atoms with Gasteiger partial charge in [-0.25, -0.2) is 0 Å². The third-order valence-electron chi connectivity index (χ3n) is 6.12. The summed E-state index contributed by atoms with van der Waals surface area (Å²) in [5.41, 5.74) is 0.629. The number of nitrogens with zero attached hydrogens (tertiary/aromatic N) is 4. The van der Waals surface area contributed by atoms with E-state index in [0.717, 1.165) is 5.69 Å². The Labute approximate surface area is 201 Å². The first-order chi connectivity index (χ1) is 16.4. The van der Waals surface area contributed by atoms with Crippen LogP contribution in [0.15, 0.2) is 48.5 Å². The second kappa shape index (κ2) is 10.1. The summed E-state index contributed by atoms with van der Waals surface area (Å²) in [5, 5.41) is 13.6. The van der Waals surface area contributed by atoms with Crippen LogP contribution in [0.1, 0.15) is 16.8 Å². The number of rotatable bonds is 5. The molecule has 2 heterocycles. The van der Waals surface area contributed by atoms with Crippen molar-refractivity contribution in [3.8, 4) is 0 Å². The van der Waals surface area contributed by atoms with Crippen molar-refractivity contribution >= 4 is 40.7 Å². The third-order valence-corrected chi connectivity index (χ3v) is 6.52. The minimum Gasteiger partial charge on any atom is -0.368 e. The highest BCUT2D eigenvalue weighted by molar-refractivity contribution is 6.35. The molecule has 0 unspecified atom stereocenters. The maximum absolute atomic E-state index is 13.2. The number of piperazine rings is 2. The number of anilines is 1. The van der Waals surface area contributed by atoms with Gasteiger partial charge in [-0.05, 0) is 18.2 Å². The minimum absolute atomic E-state index is 0.0699. The second-order valence-electron chi connectivity index (χ2n) is 8.11. The molecule has 0 saturated carbocycles. The molecular formula is C23H24ClN5O5. The van der Waals surface area contributed by atoms with E-state index in [1.807, 2.05) is 30.3 Å². The molecule has 2 aromatic carbocycles. The summed E-state index contributed by atoms with van der Waals surface area (Å²) in [6, 6.07) is 12.9. The van der Waals surface area contributed by atoms with Gasteiger partial charge in [0.2, 0.25) is 11.8 Å². The van der Waals surface area contributed by atoms with E-state index < -0.39 is 28.5 Å². The fraction of sp³-hybridized carbons (Fsp3) is 0.348. The van der Waals surface area contributed by atoms with E-state index in [2.05, 4.69) is 10.2 Å². The normalized spacial score (nSPS) is 18.4. The van der Waals surface area contributed by atoms with Crippen molar-refractivity contribution in [2.24, 2.45) is 0 Å². The van der Waals surface area contributed by atoms with Gasteiger partial charge in [0.15, 0.2) is 0 Å². The highest BCUT2D eigenvalue weighted by Gasteiger charge is 2.37. The molecule has 1 N–H and O–H groups in total. The van der Waals surface area contributed by atoms with Crippen molar-refractivity contribution < 1.29 is 19.3 Å². The molecule has 2 aromatic rings. The van der Waals surface area contributed by atoms with Crippen LogP contribution in [0, 0.1) is 10.1 Å². The van der Waals surface area contributed by atoms with Gasteiger partial charge in [0, 0.05) is 51.0 Å². The Bertz CT molecular complexity index is 1100. The predicted molar refractivity (Wildman–Crippen MR) is 126 cm³/mol. The Morgan fingerprint density at radius 2 is 1.74 bits per heavy atom. The van der Waals surface area contributed by atoms with Crippen LogP contribution < -0.4 is 10.2 Å². The number of para-hydroxylation sites is 1. The molecule has 1 atom stereocenters. The fourth-order valence-corrected chi connectivity index (χ4v) is 4.56. The molecule has 0 aliphatic carbocycles. The molecule has 4 rings (SSSR count). The molecule has 0 spiro atoms. The van der Waals surface area contributed by atoms with E-state index in [4.69, 9.17) is 11.6 Å². The highest BCUT2D eigenvalue weighted by Crippen LogP contribution is 2.29. The molecule has 2 saturated heterocycles. The average Bonchev–Trinajstić information content (AvgIpc) is 2.85. The summed E-state index contributed by atoms with van der Waals surface area (Å²) in [6.45, 7) is 2.73. The maximum Gasteiger partial charge on any atom is 0.288 e. The second-order valence-corrected chi connectivity index (χ2v) is 8.49. The largest absolute Gasteiger partial charge is 0.368 e. The summed E-state index contributed by atoms with van der Waals surface area (Å²) in [7, 11) is 0. The molecule has 178 valence electrons. The molecule has 3 amide bonds. The number of halogens is 1. The van der Waals surface area contributed by atoms with Crippen molar-refractivity contribution in [3.05, 3.63) is 69.2 Å². The van der Waals surface area contributed by atoms with Crippen LogP contribution in [0.2, 0.25) is 5.02 Å². The molecule has 2 aliphatic heterocycles. The standard InChI is InChI=1S/C23H24ClN5O5/c24-21-17(7-4-8-18(21)29(33)34)23(32)28-10-9-25-22(31)19(28)15-20(30)27-13-11-26(12-14-27)16-5-2-1-3-6-16/h1-8,19H,9-15H2,(H,25,31)/t19-/m0/s1. The zero-order chi connectivity index (χ0) is 24.2. The average molecular weight is 486 g/mol. The number of hydrogen-bond donors (Lipinski definition) is 1. The van der Waals surface area contributed by atoms with Crippen LogP contribution in [0.4, 0.5) is 11.4 Å². The van der Waals surface area contributed by atoms with Gasteiger partial charge >= 0.3 is 0 Å². The molecule has 2 aliphatic rings. The van der Waals surface area contributed by atoms with Gasteiger partial charge in [-0.2, -0.15) is 0 Å². The lowest BCUT2D eigenvalue weighted by Gasteiger charge is -2.39. The predicted octanol–water partition coefficient (Wildman–Crippen LogP) is 1.93. The van der Waals surface area contributed by atoms with Crippen molar-refractivity contribution in [2.45, 2.75) is 12.5 Å². The van der Waals surface area contributed by atoms with Crippen molar-refractivity contribution in [3.63, 3.8) is 0 Å². The van der Waals surface area contributed by atoms with Crippen LogP contribution in [0.25, 0.3) is 0 Å². The van der Waals surface area contributed by atoms with E-state index in [-0.39, 0.29) is 36.0 Å². The van der Waals surface area contributed by atoms with E-state index in [0.29, 0.717) is 26.2 Å². The first-order valence-electron chi connectivity index (χ1n) is 11.0. The summed E-state index contributed by atoms with van der Waals surface area (Å²) in [5.74, 6) is -1.27. The topological polar surface area (TPSA) is 116 Å². The van der Waals surface area contributed by atoms with E-state index in [9.17, 15) is 24.5 Å². The Kier molecular flexibility index (Phi) is 6.97. The minimum atomic E-state index is -1.02.